The zero-order chi connectivity index (χ0) is 26.2. The molecule has 206 valence electrons. The molecule has 0 amide bonds. The summed E-state index contributed by atoms with van der Waals surface area (Å²) in [7, 11) is -0.637. The van der Waals surface area contributed by atoms with E-state index in [9.17, 15) is 0 Å². The Bertz CT molecular complexity index is 867. The molecule has 0 atom stereocenters. The summed E-state index contributed by atoms with van der Waals surface area (Å²) in [6, 6.07) is 9.44. The maximum atomic E-state index is 6.22. The Morgan fingerprint density at radius 2 is 1.62 bits per heavy atom. The molecule has 0 unspecified atom stereocenters. The highest BCUT2D eigenvalue weighted by Crippen LogP contribution is 2.34. The van der Waals surface area contributed by atoms with E-state index in [1.54, 1.807) is 0 Å². The number of aromatic nitrogens is 3. The predicted molar refractivity (Wildman–Crippen MR) is 160 cm³/mol. The van der Waals surface area contributed by atoms with E-state index in [1.807, 2.05) is 12.3 Å². The monoisotopic (exact) mass is 523 g/mol. The van der Waals surface area contributed by atoms with Gasteiger partial charge in [-0.1, -0.05) is 104 Å². The Balaban J connectivity index is 1.31. The second kappa shape index (κ2) is 17.0. The zero-order valence-corrected chi connectivity index (χ0v) is 25.6. The summed E-state index contributed by atoms with van der Waals surface area (Å²) < 4.78 is 6.22. The molecule has 5 heteroatoms. The van der Waals surface area contributed by atoms with Crippen molar-refractivity contribution in [2.75, 3.05) is 0 Å². The Hall–Kier alpha value is -1.75. The number of nitrogens with zero attached hydrogens (tertiary/aromatic N) is 3. The van der Waals surface area contributed by atoms with E-state index in [2.05, 4.69) is 54.2 Å². The van der Waals surface area contributed by atoms with Crippen molar-refractivity contribution in [1.82, 2.24) is 15.2 Å². The van der Waals surface area contributed by atoms with Crippen molar-refractivity contribution < 1.29 is 4.43 Å². The van der Waals surface area contributed by atoms with Gasteiger partial charge in [-0.2, -0.15) is 10.2 Å². The van der Waals surface area contributed by atoms with E-state index < -0.39 is 9.76 Å². The van der Waals surface area contributed by atoms with Gasteiger partial charge in [-0.05, 0) is 67.3 Å². The Kier molecular flexibility index (Phi) is 13.7. The highest BCUT2D eigenvalue weighted by atomic mass is 28.2. The normalized spacial score (nSPS) is 14.0. The molecule has 0 bridgehead atoms. The molecule has 2 heterocycles. The van der Waals surface area contributed by atoms with Crippen LogP contribution in [0.4, 0.5) is 0 Å². The van der Waals surface area contributed by atoms with E-state index in [1.165, 1.54) is 109 Å². The molecule has 3 rings (SSSR count). The number of unbranched alkanes of at least 4 members (excludes halogenated alkanes) is 8. The largest absolute Gasteiger partial charge is 0.536 e. The van der Waals surface area contributed by atoms with Gasteiger partial charge in [0.15, 0.2) is 0 Å². The fourth-order valence-corrected chi connectivity index (χ4v) is 6.32. The van der Waals surface area contributed by atoms with Crippen molar-refractivity contribution in [2.24, 2.45) is 11.3 Å². The maximum absolute atomic E-state index is 6.22. The number of aryl methyl sites for hydroxylation is 1. The van der Waals surface area contributed by atoms with Crippen LogP contribution in [0, 0.1) is 11.3 Å². The molecule has 1 aliphatic rings. The molecule has 1 aliphatic carbocycles. The molecular weight excluding hydrogens is 470 g/mol. The molecule has 0 aromatic carbocycles. The molecule has 37 heavy (non-hydrogen) atoms. The van der Waals surface area contributed by atoms with Gasteiger partial charge in [0.25, 0.3) is 0 Å². The van der Waals surface area contributed by atoms with Gasteiger partial charge >= 0.3 is 0 Å². The smallest absolute Gasteiger partial charge is 0.221 e. The maximum Gasteiger partial charge on any atom is 0.221 e. The van der Waals surface area contributed by atoms with Crippen molar-refractivity contribution in [3.63, 3.8) is 0 Å². The third-order valence-electron chi connectivity index (χ3n) is 7.95. The number of rotatable bonds is 21. The first-order chi connectivity index (χ1) is 18.1. The van der Waals surface area contributed by atoms with Gasteiger partial charge in [0.2, 0.25) is 15.6 Å². The Labute approximate surface area is 229 Å². The second-order valence-electron chi connectivity index (χ2n) is 12.1. The third-order valence-corrected chi connectivity index (χ3v) is 9.22. The number of pyridine rings is 1. The first kappa shape index (κ1) is 29.8. The van der Waals surface area contributed by atoms with Crippen LogP contribution in [0.3, 0.4) is 0 Å². The summed E-state index contributed by atoms with van der Waals surface area (Å²) in [5.41, 5.74) is 3.41. The summed E-state index contributed by atoms with van der Waals surface area (Å²) >= 11 is 0. The van der Waals surface area contributed by atoms with Crippen LogP contribution in [0.25, 0.3) is 11.3 Å². The molecule has 0 aliphatic heterocycles. The van der Waals surface area contributed by atoms with Crippen LogP contribution in [0.15, 0.2) is 30.5 Å². The fraction of sp³-hybridized carbons (Fsp3) is 0.719. The standard InChI is InChI=1S/C32H53N3OSi/c1-4-5-23-32(2,3)24-13-14-26-37-36-31-29(18-15-25-33-31)30-22-21-28(34-35-30)17-12-10-8-6-7-9-11-16-27-19-20-27/h15,18,21-22,25,27H,4-14,16-17,19-20,23-24,26,37H2,1-3H3. The lowest BCUT2D eigenvalue weighted by Crippen LogP contribution is -2.11. The lowest BCUT2D eigenvalue weighted by atomic mass is 9.82. The van der Waals surface area contributed by atoms with Crippen molar-refractivity contribution in [2.45, 2.75) is 136 Å². The highest BCUT2D eigenvalue weighted by Gasteiger charge is 2.19. The van der Waals surface area contributed by atoms with Crippen LogP contribution < -0.4 is 4.43 Å². The Morgan fingerprint density at radius 1 is 0.865 bits per heavy atom. The minimum absolute atomic E-state index is 0.478. The summed E-state index contributed by atoms with van der Waals surface area (Å²) in [6.07, 6.45) is 24.7. The number of hydrogen-bond donors (Lipinski definition) is 0. The van der Waals surface area contributed by atoms with E-state index >= 15 is 0 Å². The van der Waals surface area contributed by atoms with Gasteiger partial charge in [-0.3, -0.25) is 0 Å². The first-order valence-electron chi connectivity index (χ1n) is 15.5. The first-order valence-corrected chi connectivity index (χ1v) is 17.1. The van der Waals surface area contributed by atoms with Crippen molar-refractivity contribution >= 4 is 9.76 Å². The van der Waals surface area contributed by atoms with Crippen LogP contribution in [0.5, 0.6) is 5.88 Å². The van der Waals surface area contributed by atoms with E-state index in [4.69, 9.17) is 4.43 Å². The molecule has 0 saturated heterocycles. The Morgan fingerprint density at radius 3 is 2.35 bits per heavy atom. The molecular formula is C32H53N3OSi. The molecule has 2 aromatic heterocycles. The van der Waals surface area contributed by atoms with Crippen LogP contribution in [-0.4, -0.2) is 24.9 Å². The average Bonchev–Trinajstić information content (AvgIpc) is 3.74. The van der Waals surface area contributed by atoms with Crippen molar-refractivity contribution in [3.05, 3.63) is 36.2 Å². The fourth-order valence-electron chi connectivity index (χ4n) is 5.20. The van der Waals surface area contributed by atoms with Crippen molar-refractivity contribution in [3.8, 4) is 17.1 Å². The van der Waals surface area contributed by atoms with Crippen molar-refractivity contribution in [1.29, 1.82) is 0 Å². The van der Waals surface area contributed by atoms with Gasteiger partial charge in [0.1, 0.15) is 0 Å². The number of hydrogen-bond acceptors (Lipinski definition) is 4. The van der Waals surface area contributed by atoms with Gasteiger partial charge in [-0.25, -0.2) is 4.98 Å². The van der Waals surface area contributed by atoms with Crippen LogP contribution >= 0.6 is 0 Å². The molecule has 0 N–H and O–H groups in total. The topological polar surface area (TPSA) is 47.9 Å². The second-order valence-corrected chi connectivity index (χ2v) is 13.6. The average molecular weight is 524 g/mol. The van der Waals surface area contributed by atoms with Crippen LogP contribution in [0.1, 0.15) is 129 Å². The summed E-state index contributed by atoms with van der Waals surface area (Å²) in [5, 5.41) is 9.05. The molecule has 1 saturated carbocycles. The van der Waals surface area contributed by atoms with E-state index in [-0.39, 0.29) is 0 Å². The zero-order valence-electron chi connectivity index (χ0n) is 24.1. The predicted octanol–water partition coefficient (Wildman–Crippen LogP) is 8.88. The summed E-state index contributed by atoms with van der Waals surface area (Å²) in [5.74, 6) is 1.83. The molecule has 2 aromatic rings. The van der Waals surface area contributed by atoms with Gasteiger partial charge in [0, 0.05) is 6.20 Å². The summed E-state index contributed by atoms with van der Waals surface area (Å²) in [6.45, 7) is 7.12. The molecule has 4 nitrogen and oxygen atoms in total. The molecule has 0 spiro atoms. The molecule has 0 radical (unpaired) electrons. The van der Waals surface area contributed by atoms with Gasteiger partial charge in [-0.15, -0.1) is 0 Å². The third kappa shape index (κ3) is 12.6. The minimum atomic E-state index is -0.637. The van der Waals surface area contributed by atoms with Gasteiger partial charge in [0.05, 0.1) is 17.0 Å². The lowest BCUT2D eigenvalue weighted by molar-refractivity contribution is 0.288. The SMILES string of the molecule is CCCCC(C)(C)CCCC[SiH2]Oc1ncccc1-c1ccc(CCCCCCCCCC2CC2)nn1. The summed E-state index contributed by atoms with van der Waals surface area (Å²) in [4.78, 5) is 4.52. The van der Waals surface area contributed by atoms with Gasteiger partial charge < -0.3 is 4.43 Å². The molecule has 1 fully saturated rings. The van der Waals surface area contributed by atoms with Crippen LogP contribution in [0.2, 0.25) is 6.04 Å². The van der Waals surface area contributed by atoms with E-state index in [0.717, 1.165) is 35.2 Å². The van der Waals surface area contributed by atoms with Crippen LogP contribution in [-0.2, 0) is 6.42 Å². The minimum Gasteiger partial charge on any atom is -0.536 e. The highest BCUT2D eigenvalue weighted by molar-refractivity contribution is 6.28. The van der Waals surface area contributed by atoms with E-state index in [0.29, 0.717) is 5.41 Å². The lowest BCUT2D eigenvalue weighted by Gasteiger charge is -2.24. The quantitative estimate of drug-likeness (QED) is 0.121.